The number of carbonyl (C=O) groups is 1. The largest absolute Gasteiger partial charge is 0.465 e. The minimum Gasteiger partial charge on any atom is -0.465 e. The number of rotatable bonds is 5. The maximum atomic E-state index is 12.1. The number of nitrogen functional groups attached to an aromatic ring is 1. The average molecular weight is 286 g/mol. The molecule has 0 aliphatic heterocycles. The van der Waals surface area contributed by atoms with Crippen LogP contribution in [0.25, 0.3) is 0 Å². The molecule has 0 amide bonds. The Morgan fingerprint density at radius 1 is 1.32 bits per heavy atom. The second-order valence-corrected chi connectivity index (χ2v) is 5.78. The molecule has 0 saturated carbocycles. The Labute approximate surface area is 113 Å². The van der Waals surface area contributed by atoms with Gasteiger partial charge in [-0.2, -0.15) is 4.72 Å². The fourth-order valence-corrected chi connectivity index (χ4v) is 3.00. The van der Waals surface area contributed by atoms with Gasteiger partial charge >= 0.3 is 5.97 Å². The van der Waals surface area contributed by atoms with Crippen molar-refractivity contribution in [2.24, 2.45) is 0 Å². The third kappa shape index (κ3) is 3.68. The van der Waals surface area contributed by atoms with E-state index in [0.29, 0.717) is 11.1 Å². The minimum absolute atomic E-state index is 0.0109. The van der Waals surface area contributed by atoms with Gasteiger partial charge < -0.3 is 10.5 Å². The summed E-state index contributed by atoms with van der Waals surface area (Å²) in [6, 6.07) is 3.42. The van der Waals surface area contributed by atoms with Crippen molar-refractivity contribution in [2.75, 3.05) is 18.9 Å². The number of aryl methyl sites for hydroxylation is 2. The highest BCUT2D eigenvalue weighted by Gasteiger charge is 2.22. The van der Waals surface area contributed by atoms with Gasteiger partial charge in [-0.3, -0.25) is 4.79 Å². The van der Waals surface area contributed by atoms with Crippen LogP contribution >= 0.6 is 0 Å². The van der Waals surface area contributed by atoms with E-state index in [-0.39, 0.29) is 17.2 Å². The van der Waals surface area contributed by atoms with Crippen LogP contribution in [0.1, 0.15) is 18.1 Å². The smallest absolute Gasteiger partial charge is 0.321 e. The highest BCUT2D eigenvalue weighted by molar-refractivity contribution is 7.89. The van der Waals surface area contributed by atoms with Gasteiger partial charge in [-0.15, -0.1) is 0 Å². The number of sulfonamides is 1. The lowest BCUT2D eigenvalue weighted by Gasteiger charge is -2.13. The Morgan fingerprint density at radius 2 is 1.89 bits per heavy atom. The van der Waals surface area contributed by atoms with Crippen molar-refractivity contribution in [3.05, 3.63) is 23.3 Å². The minimum atomic E-state index is -3.83. The second kappa shape index (κ2) is 6.03. The zero-order chi connectivity index (χ0) is 14.6. The molecule has 0 atom stereocenters. The molecule has 1 aromatic rings. The zero-order valence-corrected chi connectivity index (χ0v) is 12.0. The van der Waals surface area contributed by atoms with Gasteiger partial charge in [0.2, 0.25) is 10.0 Å². The first kappa shape index (κ1) is 15.5. The lowest BCUT2D eigenvalue weighted by molar-refractivity contribution is -0.141. The first-order valence-electron chi connectivity index (χ1n) is 5.80. The third-order valence-corrected chi connectivity index (χ3v) is 4.20. The van der Waals surface area contributed by atoms with E-state index in [9.17, 15) is 13.2 Å². The van der Waals surface area contributed by atoms with Crippen LogP contribution in [-0.4, -0.2) is 27.5 Å². The Morgan fingerprint density at radius 3 is 2.47 bits per heavy atom. The molecule has 19 heavy (non-hydrogen) atoms. The van der Waals surface area contributed by atoms with Crippen molar-refractivity contribution in [1.82, 2.24) is 4.72 Å². The van der Waals surface area contributed by atoms with E-state index in [2.05, 4.69) is 9.46 Å². The van der Waals surface area contributed by atoms with Gasteiger partial charge in [0, 0.05) is 0 Å². The number of anilines is 1. The van der Waals surface area contributed by atoms with Crippen molar-refractivity contribution < 1.29 is 17.9 Å². The first-order chi connectivity index (χ1) is 8.79. The molecule has 0 fully saturated rings. The molecule has 0 aliphatic rings. The predicted molar refractivity (Wildman–Crippen MR) is 72.1 cm³/mol. The Hall–Kier alpha value is -1.60. The number of benzene rings is 1. The number of esters is 1. The van der Waals surface area contributed by atoms with Crippen LogP contribution < -0.4 is 10.5 Å². The van der Waals surface area contributed by atoms with Crippen LogP contribution in [0.3, 0.4) is 0 Å². The molecule has 0 heterocycles. The lowest BCUT2D eigenvalue weighted by Crippen LogP contribution is -2.31. The summed E-state index contributed by atoms with van der Waals surface area (Å²) < 4.78 is 31.1. The molecule has 1 aromatic carbocycles. The zero-order valence-electron chi connectivity index (χ0n) is 11.2. The molecule has 0 spiro atoms. The molecular weight excluding hydrogens is 268 g/mol. The SMILES string of the molecule is CCOC(=O)CNS(=O)(=O)c1c(C)ccc(C)c1N. The molecule has 3 N–H and O–H groups in total. The van der Waals surface area contributed by atoms with Gasteiger partial charge in [0.15, 0.2) is 0 Å². The van der Waals surface area contributed by atoms with E-state index in [0.717, 1.165) is 0 Å². The molecule has 1 rings (SSSR count). The summed E-state index contributed by atoms with van der Waals surface area (Å²) in [7, 11) is -3.83. The monoisotopic (exact) mass is 286 g/mol. The van der Waals surface area contributed by atoms with Gasteiger partial charge in [-0.05, 0) is 31.9 Å². The molecular formula is C12H18N2O4S. The van der Waals surface area contributed by atoms with Crippen molar-refractivity contribution in [1.29, 1.82) is 0 Å². The Bertz CT molecular complexity index is 582. The summed E-state index contributed by atoms with van der Waals surface area (Å²) in [4.78, 5) is 11.2. The second-order valence-electron chi connectivity index (χ2n) is 4.07. The van der Waals surface area contributed by atoms with Crippen LogP contribution in [0.4, 0.5) is 5.69 Å². The quantitative estimate of drug-likeness (QED) is 0.614. The number of nitrogens with one attached hydrogen (secondary N) is 1. The number of hydrogen-bond acceptors (Lipinski definition) is 5. The number of nitrogens with two attached hydrogens (primary N) is 1. The van der Waals surface area contributed by atoms with Crippen molar-refractivity contribution in [2.45, 2.75) is 25.7 Å². The van der Waals surface area contributed by atoms with E-state index < -0.39 is 22.5 Å². The summed E-state index contributed by atoms with van der Waals surface area (Å²) >= 11 is 0. The summed E-state index contributed by atoms with van der Waals surface area (Å²) in [5.74, 6) is -0.630. The number of hydrogen-bond donors (Lipinski definition) is 2. The number of ether oxygens (including phenoxy) is 1. The highest BCUT2D eigenvalue weighted by atomic mass is 32.2. The van der Waals surface area contributed by atoms with Gasteiger partial charge in [0.05, 0.1) is 12.3 Å². The standard InChI is InChI=1S/C12H18N2O4S/c1-4-18-10(15)7-14-19(16,17)12-9(3)6-5-8(2)11(12)13/h5-6,14H,4,7,13H2,1-3H3. The molecule has 0 aromatic heterocycles. The molecule has 6 nitrogen and oxygen atoms in total. The summed E-state index contributed by atoms with van der Waals surface area (Å²) in [5, 5.41) is 0. The van der Waals surface area contributed by atoms with E-state index in [4.69, 9.17) is 5.73 Å². The van der Waals surface area contributed by atoms with Gasteiger partial charge in [-0.1, -0.05) is 12.1 Å². The molecule has 0 unspecified atom stereocenters. The third-order valence-electron chi connectivity index (χ3n) is 2.59. The maximum Gasteiger partial charge on any atom is 0.321 e. The summed E-state index contributed by atoms with van der Waals surface area (Å²) in [6.07, 6.45) is 0. The Balaban J connectivity index is 3.02. The van der Waals surface area contributed by atoms with E-state index in [1.165, 1.54) is 0 Å². The van der Waals surface area contributed by atoms with E-state index in [1.807, 2.05) is 0 Å². The topological polar surface area (TPSA) is 98.5 Å². The van der Waals surface area contributed by atoms with E-state index in [1.54, 1.807) is 32.9 Å². The molecule has 106 valence electrons. The van der Waals surface area contributed by atoms with Crippen LogP contribution in [-0.2, 0) is 19.6 Å². The van der Waals surface area contributed by atoms with Crippen LogP contribution in [0, 0.1) is 13.8 Å². The van der Waals surface area contributed by atoms with Crippen LogP contribution in [0.2, 0.25) is 0 Å². The lowest BCUT2D eigenvalue weighted by atomic mass is 10.1. The Kier molecular flexibility index (Phi) is 4.90. The normalized spacial score (nSPS) is 11.3. The molecule has 0 aliphatic carbocycles. The number of carbonyl (C=O) groups excluding carboxylic acids is 1. The molecule has 7 heteroatoms. The first-order valence-corrected chi connectivity index (χ1v) is 7.29. The fraction of sp³-hybridized carbons (Fsp3) is 0.417. The highest BCUT2D eigenvalue weighted by Crippen LogP contribution is 2.25. The van der Waals surface area contributed by atoms with Crippen molar-refractivity contribution in [3.63, 3.8) is 0 Å². The van der Waals surface area contributed by atoms with Gasteiger partial charge in [0.25, 0.3) is 0 Å². The van der Waals surface area contributed by atoms with Crippen LogP contribution in [0.5, 0.6) is 0 Å². The van der Waals surface area contributed by atoms with Gasteiger partial charge in [-0.25, -0.2) is 8.42 Å². The average Bonchev–Trinajstić information content (AvgIpc) is 2.32. The maximum absolute atomic E-state index is 12.1. The van der Waals surface area contributed by atoms with E-state index >= 15 is 0 Å². The summed E-state index contributed by atoms with van der Waals surface area (Å²) in [5.41, 5.74) is 7.19. The molecule has 0 saturated heterocycles. The fourth-order valence-electron chi connectivity index (χ4n) is 1.60. The predicted octanol–water partition coefficient (Wildman–Crippen LogP) is 0.727. The van der Waals surface area contributed by atoms with Gasteiger partial charge in [0.1, 0.15) is 11.4 Å². The molecule has 0 radical (unpaired) electrons. The molecule has 0 bridgehead atoms. The van der Waals surface area contributed by atoms with Crippen molar-refractivity contribution in [3.8, 4) is 0 Å². The summed E-state index contributed by atoms with van der Waals surface area (Å²) in [6.45, 7) is 4.80. The van der Waals surface area contributed by atoms with Crippen LogP contribution in [0.15, 0.2) is 17.0 Å². The van der Waals surface area contributed by atoms with Crippen molar-refractivity contribution >= 4 is 21.7 Å².